The lowest BCUT2D eigenvalue weighted by atomic mass is 10.1. The molecule has 2 heterocycles. The molecule has 0 unspecified atom stereocenters. The first kappa shape index (κ1) is 17.0. The van der Waals surface area contributed by atoms with Crippen molar-refractivity contribution in [3.05, 3.63) is 53.3 Å². The number of aromatic nitrogens is 1. The molecule has 1 N–H and O–H groups in total. The number of benzene rings is 1. The van der Waals surface area contributed by atoms with Gasteiger partial charge in [0.05, 0.1) is 0 Å². The molecule has 1 aromatic heterocycles. The second-order valence-corrected chi connectivity index (χ2v) is 6.31. The molecule has 0 aliphatic carbocycles. The summed E-state index contributed by atoms with van der Waals surface area (Å²) >= 11 is 0. The van der Waals surface area contributed by atoms with E-state index in [1.165, 1.54) is 5.56 Å². The van der Waals surface area contributed by atoms with E-state index in [9.17, 15) is 9.59 Å². The maximum absolute atomic E-state index is 12.6. The predicted octanol–water partition coefficient (Wildman–Crippen LogP) is 2.36. The minimum Gasteiger partial charge on any atom is -0.355 e. The first-order valence-electron chi connectivity index (χ1n) is 8.36. The zero-order valence-corrected chi connectivity index (χ0v) is 14.5. The summed E-state index contributed by atoms with van der Waals surface area (Å²) in [7, 11) is 0. The summed E-state index contributed by atoms with van der Waals surface area (Å²) in [5.41, 5.74) is 4.57. The van der Waals surface area contributed by atoms with Gasteiger partial charge in [-0.3, -0.25) is 14.6 Å². The molecule has 0 radical (unpaired) electrons. The van der Waals surface area contributed by atoms with Crippen LogP contribution in [0.4, 0.5) is 11.4 Å². The Labute approximate surface area is 147 Å². The van der Waals surface area contributed by atoms with Gasteiger partial charge in [0.15, 0.2) is 0 Å². The van der Waals surface area contributed by atoms with Crippen LogP contribution in [-0.2, 0) is 4.79 Å². The van der Waals surface area contributed by atoms with E-state index in [0.29, 0.717) is 31.9 Å². The topological polar surface area (TPSA) is 65.5 Å². The monoisotopic (exact) mass is 338 g/mol. The van der Waals surface area contributed by atoms with Crippen LogP contribution in [0.3, 0.4) is 0 Å². The number of nitrogens with one attached hydrogen (secondary N) is 1. The Kier molecular flexibility index (Phi) is 4.97. The molecule has 6 heteroatoms. The Balaban J connectivity index is 1.74. The summed E-state index contributed by atoms with van der Waals surface area (Å²) in [5, 5.41) is 3.36. The minimum absolute atomic E-state index is 0.102. The van der Waals surface area contributed by atoms with Crippen LogP contribution in [0.5, 0.6) is 0 Å². The standard InChI is InChI=1S/C19H22N4O2/c1-14-3-4-15(2)17(11-14)21-16-5-6-20-18(12-16)19(25)23-9-7-22(13-24)8-10-23/h3-6,11-13H,7-10H2,1-2H3,(H,20,21). The first-order chi connectivity index (χ1) is 12.1. The highest BCUT2D eigenvalue weighted by molar-refractivity contribution is 5.93. The molecule has 130 valence electrons. The lowest BCUT2D eigenvalue weighted by Gasteiger charge is -2.32. The predicted molar refractivity (Wildman–Crippen MR) is 97.0 cm³/mol. The molecule has 1 saturated heterocycles. The summed E-state index contributed by atoms with van der Waals surface area (Å²) < 4.78 is 0. The van der Waals surface area contributed by atoms with E-state index in [2.05, 4.69) is 28.5 Å². The summed E-state index contributed by atoms with van der Waals surface area (Å²) in [6.07, 6.45) is 2.47. The largest absolute Gasteiger partial charge is 0.355 e. The second-order valence-electron chi connectivity index (χ2n) is 6.31. The van der Waals surface area contributed by atoms with Crippen LogP contribution < -0.4 is 5.32 Å². The van der Waals surface area contributed by atoms with Gasteiger partial charge in [-0.15, -0.1) is 0 Å². The number of hydrogen-bond acceptors (Lipinski definition) is 4. The Morgan fingerprint density at radius 3 is 2.60 bits per heavy atom. The lowest BCUT2D eigenvalue weighted by Crippen LogP contribution is -2.48. The molecule has 1 aliphatic heterocycles. The number of anilines is 2. The van der Waals surface area contributed by atoms with Crippen LogP contribution in [-0.4, -0.2) is 53.3 Å². The van der Waals surface area contributed by atoms with Crippen molar-refractivity contribution in [2.24, 2.45) is 0 Å². The fourth-order valence-electron chi connectivity index (χ4n) is 2.84. The van der Waals surface area contributed by atoms with Crippen molar-refractivity contribution < 1.29 is 9.59 Å². The van der Waals surface area contributed by atoms with Crippen molar-refractivity contribution in [2.75, 3.05) is 31.5 Å². The van der Waals surface area contributed by atoms with E-state index < -0.39 is 0 Å². The van der Waals surface area contributed by atoms with Crippen molar-refractivity contribution in [3.63, 3.8) is 0 Å². The number of piperazine rings is 1. The highest BCUT2D eigenvalue weighted by Gasteiger charge is 2.22. The van der Waals surface area contributed by atoms with Crippen LogP contribution in [0.2, 0.25) is 0 Å². The van der Waals surface area contributed by atoms with Gasteiger partial charge in [0, 0.05) is 43.8 Å². The quantitative estimate of drug-likeness (QED) is 0.869. The third kappa shape index (κ3) is 3.96. The van der Waals surface area contributed by atoms with Gasteiger partial charge in [0.1, 0.15) is 5.69 Å². The van der Waals surface area contributed by atoms with Gasteiger partial charge in [-0.25, -0.2) is 0 Å². The van der Waals surface area contributed by atoms with Crippen LogP contribution in [0, 0.1) is 13.8 Å². The molecule has 3 rings (SSSR count). The average Bonchev–Trinajstić information content (AvgIpc) is 2.64. The van der Waals surface area contributed by atoms with Crippen LogP contribution >= 0.6 is 0 Å². The number of nitrogens with zero attached hydrogens (tertiary/aromatic N) is 3. The van der Waals surface area contributed by atoms with Crippen molar-refractivity contribution in [3.8, 4) is 0 Å². The number of carbonyl (C=O) groups excluding carboxylic acids is 2. The lowest BCUT2D eigenvalue weighted by molar-refractivity contribution is -0.119. The Morgan fingerprint density at radius 1 is 1.12 bits per heavy atom. The molecule has 6 nitrogen and oxygen atoms in total. The number of aryl methyl sites for hydroxylation is 2. The highest BCUT2D eigenvalue weighted by atomic mass is 16.2. The molecule has 1 aromatic carbocycles. The molecule has 25 heavy (non-hydrogen) atoms. The normalized spacial score (nSPS) is 14.3. The Bertz CT molecular complexity index is 783. The molecular weight excluding hydrogens is 316 g/mol. The van der Waals surface area contributed by atoms with E-state index in [1.54, 1.807) is 22.1 Å². The molecule has 0 atom stereocenters. The number of amides is 2. The third-order valence-electron chi connectivity index (χ3n) is 4.40. The van der Waals surface area contributed by atoms with Gasteiger partial charge in [-0.2, -0.15) is 0 Å². The van der Waals surface area contributed by atoms with E-state index >= 15 is 0 Å². The molecule has 2 amide bonds. The summed E-state index contributed by atoms with van der Waals surface area (Å²) in [4.78, 5) is 31.1. The van der Waals surface area contributed by atoms with Crippen molar-refractivity contribution in [1.29, 1.82) is 0 Å². The molecule has 0 saturated carbocycles. The summed E-state index contributed by atoms with van der Waals surface area (Å²) in [6.45, 7) is 6.29. The molecule has 0 spiro atoms. The van der Waals surface area contributed by atoms with Crippen molar-refractivity contribution in [2.45, 2.75) is 13.8 Å². The van der Waals surface area contributed by atoms with E-state index in [1.807, 2.05) is 19.9 Å². The number of hydrogen-bond donors (Lipinski definition) is 1. The highest BCUT2D eigenvalue weighted by Crippen LogP contribution is 2.22. The van der Waals surface area contributed by atoms with Crippen LogP contribution in [0.25, 0.3) is 0 Å². The number of carbonyl (C=O) groups is 2. The van der Waals surface area contributed by atoms with Crippen LogP contribution in [0.1, 0.15) is 21.6 Å². The maximum atomic E-state index is 12.6. The average molecular weight is 338 g/mol. The Morgan fingerprint density at radius 2 is 1.88 bits per heavy atom. The van der Waals surface area contributed by atoms with Crippen molar-refractivity contribution in [1.82, 2.24) is 14.8 Å². The third-order valence-corrected chi connectivity index (χ3v) is 4.40. The zero-order valence-electron chi connectivity index (χ0n) is 14.5. The van der Waals surface area contributed by atoms with Crippen LogP contribution in [0.15, 0.2) is 36.5 Å². The van der Waals surface area contributed by atoms with E-state index in [4.69, 9.17) is 0 Å². The maximum Gasteiger partial charge on any atom is 0.272 e. The fraction of sp³-hybridized carbons (Fsp3) is 0.316. The smallest absolute Gasteiger partial charge is 0.272 e. The fourth-order valence-corrected chi connectivity index (χ4v) is 2.84. The van der Waals surface area contributed by atoms with E-state index in [0.717, 1.165) is 23.3 Å². The number of rotatable bonds is 4. The van der Waals surface area contributed by atoms with Gasteiger partial charge >= 0.3 is 0 Å². The van der Waals surface area contributed by atoms with Gasteiger partial charge in [0.2, 0.25) is 6.41 Å². The molecule has 0 bridgehead atoms. The van der Waals surface area contributed by atoms with Gasteiger partial charge in [-0.1, -0.05) is 12.1 Å². The van der Waals surface area contributed by atoms with Gasteiger partial charge in [-0.05, 0) is 43.2 Å². The Hall–Kier alpha value is -2.89. The summed E-state index contributed by atoms with van der Waals surface area (Å²) in [5.74, 6) is -0.102. The van der Waals surface area contributed by atoms with Gasteiger partial charge < -0.3 is 15.1 Å². The molecule has 2 aromatic rings. The SMILES string of the molecule is Cc1ccc(C)c(Nc2ccnc(C(=O)N3CCN(C=O)CC3)c2)c1. The first-order valence-corrected chi connectivity index (χ1v) is 8.36. The van der Waals surface area contributed by atoms with E-state index in [-0.39, 0.29) is 5.91 Å². The zero-order chi connectivity index (χ0) is 17.8. The molecule has 1 aliphatic rings. The van der Waals surface area contributed by atoms with Crippen molar-refractivity contribution >= 4 is 23.7 Å². The summed E-state index contributed by atoms with van der Waals surface area (Å²) in [6, 6.07) is 9.84. The second kappa shape index (κ2) is 7.34. The number of pyridine rings is 1. The molecule has 1 fully saturated rings. The molecular formula is C19H22N4O2. The van der Waals surface area contributed by atoms with Gasteiger partial charge in [0.25, 0.3) is 5.91 Å². The minimum atomic E-state index is -0.102.